The molecule has 0 N–H and O–H groups in total. The van der Waals surface area contributed by atoms with Gasteiger partial charge < -0.3 is 19.0 Å². The highest BCUT2D eigenvalue weighted by atomic mass is 16.5. The number of aromatic nitrogens is 1. The molecular weight excluding hydrogens is 406 g/mol. The average molecular weight is 436 g/mol. The van der Waals surface area contributed by atoms with Gasteiger partial charge in [0.05, 0.1) is 23.3 Å². The molecule has 0 aliphatic carbocycles. The lowest BCUT2D eigenvalue weighted by atomic mass is 10.0. The Bertz CT molecular complexity index is 1160. The number of benzene rings is 1. The van der Waals surface area contributed by atoms with E-state index in [4.69, 9.17) is 9.15 Å². The van der Waals surface area contributed by atoms with E-state index < -0.39 is 6.04 Å². The Balaban J connectivity index is 1.77. The van der Waals surface area contributed by atoms with Crippen molar-refractivity contribution >= 4 is 16.9 Å². The monoisotopic (exact) mass is 435 g/mol. The summed E-state index contributed by atoms with van der Waals surface area (Å²) >= 11 is 0. The van der Waals surface area contributed by atoms with Gasteiger partial charge in [-0.25, -0.2) is 0 Å². The molecule has 1 aromatic carbocycles. The minimum Gasteiger partial charge on any atom is -0.494 e. The molecule has 1 atom stereocenters. The molecule has 0 saturated carbocycles. The fourth-order valence-electron chi connectivity index (χ4n) is 4.34. The van der Waals surface area contributed by atoms with Crippen molar-refractivity contribution < 1.29 is 13.9 Å². The molecule has 1 unspecified atom stereocenters. The molecule has 1 aliphatic heterocycles. The lowest BCUT2D eigenvalue weighted by Gasteiger charge is -2.26. The maximum Gasteiger partial charge on any atom is 0.290 e. The van der Waals surface area contributed by atoms with Gasteiger partial charge in [-0.05, 0) is 57.2 Å². The number of rotatable bonds is 9. The second-order valence-corrected chi connectivity index (χ2v) is 7.80. The predicted octanol–water partition coefficient (Wildman–Crippen LogP) is 3.86. The van der Waals surface area contributed by atoms with E-state index in [9.17, 15) is 9.59 Å². The summed E-state index contributed by atoms with van der Waals surface area (Å²) in [4.78, 5) is 35.5. The highest BCUT2D eigenvalue weighted by Crippen LogP contribution is 2.37. The first-order valence-electron chi connectivity index (χ1n) is 11.3. The minimum atomic E-state index is -0.553. The first-order valence-corrected chi connectivity index (χ1v) is 11.3. The Morgan fingerprint density at radius 1 is 1.12 bits per heavy atom. The Hall–Kier alpha value is -3.19. The summed E-state index contributed by atoms with van der Waals surface area (Å²) in [6.07, 6.45) is 2.48. The van der Waals surface area contributed by atoms with Crippen molar-refractivity contribution in [2.24, 2.45) is 0 Å². The molecule has 7 nitrogen and oxygen atoms in total. The second-order valence-electron chi connectivity index (χ2n) is 7.80. The van der Waals surface area contributed by atoms with E-state index in [2.05, 4.69) is 23.7 Å². The Morgan fingerprint density at radius 3 is 2.62 bits per heavy atom. The smallest absolute Gasteiger partial charge is 0.290 e. The Morgan fingerprint density at radius 2 is 1.94 bits per heavy atom. The molecule has 0 bridgehead atoms. The van der Waals surface area contributed by atoms with Gasteiger partial charge in [0.2, 0.25) is 5.76 Å². The highest BCUT2D eigenvalue weighted by molar-refractivity contribution is 5.99. The molecule has 2 aromatic heterocycles. The molecule has 1 aliphatic rings. The number of fused-ring (bicyclic) bond motifs is 2. The first-order chi connectivity index (χ1) is 15.6. The third-order valence-corrected chi connectivity index (χ3v) is 5.99. The van der Waals surface area contributed by atoms with E-state index in [1.165, 1.54) is 0 Å². The molecule has 3 heterocycles. The van der Waals surface area contributed by atoms with Crippen molar-refractivity contribution in [2.75, 3.05) is 32.8 Å². The summed E-state index contributed by atoms with van der Waals surface area (Å²) in [5, 5.41) is 0.436. The predicted molar refractivity (Wildman–Crippen MR) is 123 cm³/mol. The van der Waals surface area contributed by atoms with Gasteiger partial charge in [0.25, 0.3) is 5.91 Å². The van der Waals surface area contributed by atoms with Crippen LogP contribution in [0.2, 0.25) is 0 Å². The maximum atomic E-state index is 13.5. The Labute approximate surface area is 187 Å². The van der Waals surface area contributed by atoms with Gasteiger partial charge in [0, 0.05) is 18.8 Å². The zero-order valence-electron chi connectivity index (χ0n) is 18.8. The van der Waals surface area contributed by atoms with Crippen LogP contribution < -0.4 is 10.2 Å². The molecule has 4 rings (SSSR count). The van der Waals surface area contributed by atoms with E-state index in [1.54, 1.807) is 29.3 Å². The molecule has 3 aromatic rings. The van der Waals surface area contributed by atoms with Gasteiger partial charge in [-0.3, -0.25) is 14.6 Å². The molecule has 168 valence electrons. The summed E-state index contributed by atoms with van der Waals surface area (Å²) in [6, 6.07) is 10.1. The lowest BCUT2D eigenvalue weighted by molar-refractivity contribution is 0.0717. The van der Waals surface area contributed by atoms with Gasteiger partial charge in [-0.15, -0.1) is 0 Å². The first kappa shape index (κ1) is 22.0. The summed E-state index contributed by atoms with van der Waals surface area (Å²) < 4.78 is 11.6. The lowest BCUT2D eigenvalue weighted by Crippen LogP contribution is -2.33. The number of hydrogen-bond acceptors (Lipinski definition) is 6. The second kappa shape index (κ2) is 9.53. The van der Waals surface area contributed by atoms with Gasteiger partial charge in [-0.1, -0.05) is 19.9 Å². The third-order valence-electron chi connectivity index (χ3n) is 5.99. The van der Waals surface area contributed by atoms with Crippen molar-refractivity contribution in [3.8, 4) is 5.75 Å². The fraction of sp³-hybridized carbons (Fsp3) is 0.400. The molecule has 0 spiro atoms. The van der Waals surface area contributed by atoms with E-state index >= 15 is 0 Å². The zero-order valence-corrected chi connectivity index (χ0v) is 18.8. The SMILES string of the molecule is CCOc1ccc2c(=O)c3c(oc2c1)C(=O)N(CCCN(CC)CC)C3c1ccccn1. The largest absolute Gasteiger partial charge is 0.494 e. The van der Waals surface area contributed by atoms with E-state index in [0.717, 1.165) is 26.1 Å². The standard InChI is InChI=1S/C25H29N3O4/c1-4-27(5-2)14-9-15-28-22(19-10-7-8-13-26-19)21-23(29)18-12-11-17(31-6-3)16-20(18)32-24(21)25(28)30/h7-8,10-13,16,22H,4-6,9,14-15H2,1-3H3. The molecule has 1 amide bonds. The number of amides is 1. The number of carbonyl (C=O) groups excluding carboxylic acids is 1. The van der Waals surface area contributed by atoms with Crippen LogP contribution in [-0.4, -0.2) is 53.5 Å². The molecule has 7 heteroatoms. The maximum absolute atomic E-state index is 13.5. The van der Waals surface area contributed by atoms with E-state index in [-0.39, 0.29) is 17.1 Å². The highest BCUT2D eigenvalue weighted by Gasteiger charge is 2.43. The van der Waals surface area contributed by atoms with Gasteiger partial charge >= 0.3 is 0 Å². The fourth-order valence-corrected chi connectivity index (χ4v) is 4.34. The van der Waals surface area contributed by atoms with Crippen LogP contribution in [-0.2, 0) is 0 Å². The van der Waals surface area contributed by atoms with Crippen molar-refractivity contribution in [2.45, 2.75) is 33.2 Å². The van der Waals surface area contributed by atoms with Gasteiger partial charge in [0.15, 0.2) is 5.43 Å². The number of carbonyl (C=O) groups is 1. The number of nitrogens with zero attached hydrogens (tertiary/aromatic N) is 3. The number of ether oxygens (including phenoxy) is 1. The topological polar surface area (TPSA) is 75.9 Å². The normalized spacial score (nSPS) is 15.6. The van der Waals surface area contributed by atoms with E-state index in [1.807, 2.05) is 25.1 Å². The van der Waals surface area contributed by atoms with Crippen molar-refractivity contribution in [3.05, 3.63) is 69.8 Å². The molecule has 0 radical (unpaired) electrons. The summed E-state index contributed by atoms with van der Waals surface area (Å²) in [5.74, 6) is 0.441. The van der Waals surface area contributed by atoms with Crippen LogP contribution in [0.15, 0.2) is 51.8 Å². The van der Waals surface area contributed by atoms with Crippen LogP contribution in [0, 0.1) is 0 Å². The van der Waals surface area contributed by atoms with Gasteiger partial charge in [-0.2, -0.15) is 0 Å². The van der Waals surface area contributed by atoms with Crippen molar-refractivity contribution in [1.29, 1.82) is 0 Å². The molecule has 0 saturated heterocycles. The number of pyridine rings is 1. The quantitative estimate of drug-likeness (QED) is 0.508. The van der Waals surface area contributed by atoms with E-state index in [0.29, 0.717) is 41.1 Å². The average Bonchev–Trinajstić information content (AvgIpc) is 3.09. The minimum absolute atomic E-state index is 0.106. The van der Waals surface area contributed by atoms with Crippen LogP contribution >= 0.6 is 0 Å². The van der Waals surface area contributed by atoms with Crippen LogP contribution in [0.25, 0.3) is 11.0 Å². The van der Waals surface area contributed by atoms with Crippen molar-refractivity contribution in [3.63, 3.8) is 0 Å². The Kier molecular flexibility index (Phi) is 6.55. The summed E-state index contributed by atoms with van der Waals surface area (Å²) in [6.45, 7) is 9.96. The van der Waals surface area contributed by atoms with Crippen LogP contribution in [0.5, 0.6) is 5.75 Å². The van der Waals surface area contributed by atoms with Gasteiger partial charge in [0.1, 0.15) is 17.4 Å². The van der Waals surface area contributed by atoms with Crippen LogP contribution in [0.4, 0.5) is 0 Å². The third kappa shape index (κ3) is 4.00. The molecular formula is C25H29N3O4. The zero-order chi connectivity index (χ0) is 22.7. The summed E-state index contributed by atoms with van der Waals surface area (Å²) in [5.41, 5.74) is 1.20. The van der Waals surface area contributed by atoms with Crippen LogP contribution in [0.3, 0.4) is 0 Å². The molecule has 32 heavy (non-hydrogen) atoms. The van der Waals surface area contributed by atoms with Crippen LogP contribution in [0.1, 0.15) is 55.0 Å². The molecule has 0 fully saturated rings. The number of hydrogen-bond donors (Lipinski definition) is 0. The van der Waals surface area contributed by atoms with Crippen molar-refractivity contribution in [1.82, 2.24) is 14.8 Å². The summed E-state index contributed by atoms with van der Waals surface area (Å²) in [7, 11) is 0.